The summed E-state index contributed by atoms with van der Waals surface area (Å²) in [4.78, 5) is 32.4. The van der Waals surface area contributed by atoms with Crippen LogP contribution in [0.25, 0.3) is 11.1 Å². The van der Waals surface area contributed by atoms with Crippen molar-refractivity contribution in [1.82, 2.24) is 15.2 Å². The van der Waals surface area contributed by atoms with Crippen molar-refractivity contribution in [1.29, 1.82) is 0 Å². The van der Waals surface area contributed by atoms with E-state index in [4.69, 9.17) is 5.73 Å². The quantitative estimate of drug-likeness (QED) is 0.605. The highest BCUT2D eigenvalue weighted by Crippen LogP contribution is 2.36. The molecule has 4 rings (SSSR count). The zero-order chi connectivity index (χ0) is 23.4. The van der Waals surface area contributed by atoms with Gasteiger partial charge in [0.2, 0.25) is 5.91 Å². The number of rotatable bonds is 6. The topological polar surface area (TPSA) is 88.3 Å². The number of nitrogens with one attached hydrogen (secondary N) is 1. The van der Waals surface area contributed by atoms with Gasteiger partial charge in [0.05, 0.1) is 11.0 Å². The minimum atomic E-state index is -0.702. The fraction of sp³-hybridized carbons (Fsp3) is 0.296. The van der Waals surface area contributed by atoms with E-state index in [9.17, 15) is 9.59 Å². The van der Waals surface area contributed by atoms with E-state index in [0.29, 0.717) is 31.5 Å². The van der Waals surface area contributed by atoms with Crippen LogP contribution >= 0.6 is 0 Å². The molecule has 0 aliphatic carbocycles. The van der Waals surface area contributed by atoms with E-state index in [1.54, 1.807) is 23.2 Å². The molecule has 1 aliphatic heterocycles. The van der Waals surface area contributed by atoms with E-state index < -0.39 is 5.41 Å². The van der Waals surface area contributed by atoms with Gasteiger partial charge in [-0.05, 0) is 55.5 Å². The minimum absolute atomic E-state index is 0.0166. The predicted octanol–water partition coefficient (Wildman–Crippen LogP) is 3.93. The second-order valence-electron chi connectivity index (χ2n) is 9.06. The Labute approximate surface area is 194 Å². The lowest BCUT2D eigenvalue weighted by Gasteiger charge is -2.29. The molecule has 0 radical (unpaired) electrons. The summed E-state index contributed by atoms with van der Waals surface area (Å²) < 4.78 is 0. The zero-order valence-electron chi connectivity index (χ0n) is 19.1. The van der Waals surface area contributed by atoms with Gasteiger partial charge in [-0.2, -0.15) is 0 Å². The Morgan fingerprint density at radius 2 is 1.82 bits per heavy atom. The van der Waals surface area contributed by atoms with Crippen molar-refractivity contribution in [3.05, 3.63) is 84.1 Å². The number of hydrogen-bond donors (Lipinski definition) is 2. The van der Waals surface area contributed by atoms with Gasteiger partial charge in [0.1, 0.15) is 5.82 Å². The second-order valence-corrected chi connectivity index (χ2v) is 9.06. The maximum absolute atomic E-state index is 13.4. The molecule has 3 aromatic rings. The van der Waals surface area contributed by atoms with E-state index in [0.717, 1.165) is 16.7 Å². The summed E-state index contributed by atoms with van der Waals surface area (Å²) in [5, 5.41) is 3.09. The smallest absolute Gasteiger partial charge is 0.257 e. The molecule has 6 heteroatoms. The van der Waals surface area contributed by atoms with Crippen LogP contribution in [0.5, 0.6) is 0 Å². The lowest BCUT2D eigenvalue weighted by Crippen LogP contribution is -2.47. The fourth-order valence-electron chi connectivity index (χ4n) is 4.52. The largest absolute Gasteiger partial charge is 0.383 e. The van der Waals surface area contributed by atoms with Gasteiger partial charge >= 0.3 is 0 Å². The normalized spacial score (nSPS) is 17.8. The van der Waals surface area contributed by atoms with Crippen LogP contribution in [0.2, 0.25) is 0 Å². The number of carbonyl (C=O) groups is 2. The third-order valence-electron chi connectivity index (χ3n) is 6.19. The molecule has 1 unspecified atom stereocenters. The Morgan fingerprint density at radius 1 is 1.06 bits per heavy atom. The molecule has 2 aromatic carbocycles. The van der Waals surface area contributed by atoms with Crippen molar-refractivity contribution >= 4 is 17.6 Å². The summed E-state index contributed by atoms with van der Waals surface area (Å²) in [6, 6.07) is 21.9. The van der Waals surface area contributed by atoms with Crippen molar-refractivity contribution in [2.24, 2.45) is 5.41 Å². The first-order chi connectivity index (χ1) is 15.9. The second kappa shape index (κ2) is 9.45. The predicted molar refractivity (Wildman–Crippen MR) is 130 cm³/mol. The molecule has 3 N–H and O–H groups in total. The molecular formula is C27H30N4O2. The number of aromatic nitrogens is 1. The highest BCUT2D eigenvalue weighted by Gasteiger charge is 2.46. The van der Waals surface area contributed by atoms with Gasteiger partial charge in [-0.3, -0.25) is 9.59 Å². The zero-order valence-corrected chi connectivity index (χ0v) is 19.1. The first-order valence-corrected chi connectivity index (χ1v) is 11.3. The third-order valence-corrected chi connectivity index (χ3v) is 6.19. The number of likely N-dealkylation sites (tertiary alicyclic amines) is 1. The van der Waals surface area contributed by atoms with Crippen molar-refractivity contribution < 1.29 is 9.59 Å². The Morgan fingerprint density at radius 3 is 2.55 bits per heavy atom. The van der Waals surface area contributed by atoms with Gasteiger partial charge in [-0.1, -0.05) is 54.6 Å². The Bertz CT molecular complexity index is 1150. The highest BCUT2D eigenvalue weighted by molar-refractivity contribution is 5.99. The summed E-state index contributed by atoms with van der Waals surface area (Å²) >= 11 is 0. The van der Waals surface area contributed by atoms with Crippen LogP contribution in [0.4, 0.5) is 5.82 Å². The number of pyridine rings is 1. The summed E-state index contributed by atoms with van der Waals surface area (Å²) in [6.45, 7) is 4.75. The lowest BCUT2D eigenvalue weighted by atomic mass is 9.79. The Balaban J connectivity index is 1.62. The first kappa shape index (κ1) is 22.5. The van der Waals surface area contributed by atoms with Crippen LogP contribution in [-0.2, 0) is 11.2 Å². The molecule has 2 amide bonds. The molecule has 1 aromatic heterocycles. The van der Waals surface area contributed by atoms with E-state index in [1.807, 2.05) is 38.1 Å². The number of nitrogens with zero attached hydrogens (tertiary/aromatic N) is 2. The van der Waals surface area contributed by atoms with E-state index in [2.05, 4.69) is 40.6 Å². The van der Waals surface area contributed by atoms with Gasteiger partial charge in [-0.25, -0.2) is 4.98 Å². The molecular weight excluding hydrogens is 412 g/mol. The molecule has 2 heterocycles. The van der Waals surface area contributed by atoms with Gasteiger partial charge in [0.15, 0.2) is 0 Å². The van der Waals surface area contributed by atoms with Crippen LogP contribution in [0.1, 0.15) is 36.2 Å². The van der Waals surface area contributed by atoms with E-state index in [1.165, 1.54) is 0 Å². The number of carbonyl (C=O) groups excluding carboxylic acids is 2. The monoisotopic (exact) mass is 442 g/mol. The van der Waals surface area contributed by atoms with Gasteiger partial charge in [0.25, 0.3) is 5.91 Å². The summed E-state index contributed by atoms with van der Waals surface area (Å²) in [5.41, 5.74) is 8.94. The minimum Gasteiger partial charge on any atom is -0.383 e. The fourth-order valence-corrected chi connectivity index (χ4v) is 4.52. The van der Waals surface area contributed by atoms with Gasteiger partial charge in [0, 0.05) is 25.3 Å². The van der Waals surface area contributed by atoms with Crippen LogP contribution in [0.3, 0.4) is 0 Å². The van der Waals surface area contributed by atoms with E-state index in [-0.39, 0.29) is 23.7 Å². The molecule has 6 nitrogen and oxygen atoms in total. The summed E-state index contributed by atoms with van der Waals surface area (Å²) in [7, 11) is 0. The van der Waals surface area contributed by atoms with Crippen molar-refractivity contribution in [3.8, 4) is 11.1 Å². The standard InChI is InChI=1S/C27H30N4O2/c1-19(2)30-26(33)27(13-15-31(18-27)25(32)23-12-7-14-29-24(23)28)17-20-8-6-11-22(16-20)21-9-4-3-5-10-21/h3-12,14,16,19H,13,15,17-18H2,1-2H3,(H2,28,29)(H,30,33). The van der Waals surface area contributed by atoms with Crippen LogP contribution in [0.15, 0.2) is 72.9 Å². The first-order valence-electron chi connectivity index (χ1n) is 11.3. The molecule has 1 saturated heterocycles. The average molecular weight is 443 g/mol. The number of benzene rings is 2. The van der Waals surface area contributed by atoms with E-state index >= 15 is 0 Å². The SMILES string of the molecule is CC(C)NC(=O)C1(Cc2cccc(-c3ccccc3)c2)CCN(C(=O)c2cccnc2N)C1. The molecule has 1 aliphatic rings. The molecule has 1 fully saturated rings. The van der Waals surface area contributed by atoms with Crippen molar-refractivity contribution in [3.63, 3.8) is 0 Å². The van der Waals surface area contributed by atoms with Crippen LogP contribution < -0.4 is 11.1 Å². The van der Waals surface area contributed by atoms with Gasteiger partial charge in [-0.15, -0.1) is 0 Å². The summed E-state index contributed by atoms with van der Waals surface area (Å²) in [5.74, 6) is 0.0112. The van der Waals surface area contributed by atoms with Crippen molar-refractivity contribution in [2.75, 3.05) is 18.8 Å². The number of anilines is 1. The third kappa shape index (κ3) is 4.90. The molecule has 1 atom stereocenters. The summed E-state index contributed by atoms with van der Waals surface area (Å²) in [6.07, 6.45) is 2.71. The molecule has 33 heavy (non-hydrogen) atoms. The van der Waals surface area contributed by atoms with Gasteiger partial charge < -0.3 is 16.0 Å². The molecule has 0 saturated carbocycles. The Hall–Kier alpha value is -3.67. The average Bonchev–Trinajstić information content (AvgIpc) is 3.25. The molecule has 0 bridgehead atoms. The number of nitrogens with two attached hydrogens (primary N) is 1. The number of nitrogen functional groups attached to an aromatic ring is 1. The molecule has 170 valence electrons. The van der Waals surface area contributed by atoms with Crippen LogP contribution in [0, 0.1) is 5.41 Å². The lowest BCUT2D eigenvalue weighted by molar-refractivity contribution is -0.130. The maximum atomic E-state index is 13.4. The number of hydrogen-bond acceptors (Lipinski definition) is 4. The number of amides is 2. The highest BCUT2D eigenvalue weighted by atomic mass is 16.2. The maximum Gasteiger partial charge on any atom is 0.257 e. The Kier molecular flexibility index (Phi) is 6.45. The van der Waals surface area contributed by atoms with Crippen LogP contribution in [-0.4, -0.2) is 40.8 Å². The molecule has 0 spiro atoms. The van der Waals surface area contributed by atoms with Crippen molar-refractivity contribution in [2.45, 2.75) is 32.7 Å².